The zero-order valence-corrected chi connectivity index (χ0v) is 14.1. The summed E-state index contributed by atoms with van der Waals surface area (Å²) in [5.41, 5.74) is 1.41. The molecule has 0 fully saturated rings. The van der Waals surface area contributed by atoms with E-state index in [4.69, 9.17) is 4.74 Å². The van der Waals surface area contributed by atoms with Crippen molar-refractivity contribution in [2.24, 2.45) is 0 Å². The van der Waals surface area contributed by atoms with E-state index in [1.165, 1.54) is 19.2 Å². The van der Waals surface area contributed by atoms with Crippen LogP contribution in [0.2, 0.25) is 0 Å². The van der Waals surface area contributed by atoms with Gasteiger partial charge < -0.3 is 4.74 Å². The predicted octanol–water partition coefficient (Wildman–Crippen LogP) is 2.30. The molecule has 7 nitrogen and oxygen atoms in total. The molecule has 0 spiro atoms. The second-order valence-electron chi connectivity index (χ2n) is 5.28. The van der Waals surface area contributed by atoms with Gasteiger partial charge in [-0.2, -0.15) is 4.72 Å². The maximum absolute atomic E-state index is 12.5. The Balaban J connectivity index is 2.30. The molecular formula is C16H18N2O5S. The third-order valence-electron chi connectivity index (χ3n) is 3.48. The Kier molecular flexibility index (Phi) is 5.53. The van der Waals surface area contributed by atoms with Gasteiger partial charge >= 0.3 is 0 Å². The van der Waals surface area contributed by atoms with Crippen molar-refractivity contribution in [2.75, 3.05) is 13.7 Å². The van der Waals surface area contributed by atoms with Crippen LogP contribution >= 0.6 is 0 Å². The van der Waals surface area contributed by atoms with Crippen molar-refractivity contribution < 1.29 is 18.1 Å². The van der Waals surface area contributed by atoms with E-state index >= 15 is 0 Å². The summed E-state index contributed by atoms with van der Waals surface area (Å²) < 4.78 is 32.4. The molecule has 2 aromatic carbocycles. The number of aryl methyl sites for hydroxylation is 1. The van der Waals surface area contributed by atoms with Gasteiger partial charge in [0.15, 0.2) is 0 Å². The van der Waals surface area contributed by atoms with Gasteiger partial charge in [-0.15, -0.1) is 0 Å². The van der Waals surface area contributed by atoms with Crippen LogP contribution in [0.4, 0.5) is 0 Å². The van der Waals surface area contributed by atoms with Gasteiger partial charge in [0.05, 0.1) is 12.0 Å². The Morgan fingerprint density at radius 1 is 1.12 bits per heavy atom. The number of methoxy groups -OCH3 is 1. The Morgan fingerprint density at radius 3 is 2.21 bits per heavy atom. The fourth-order valence-electron chi connectivity index (χ4n) is 2.17. The lowest BCUT2D eigenvalue weighted by molar-refractivity contribution is -0.483. The van der Waals surface area contributed by atoms with Crippen LogP contribution in [0.15, 0.2) is 53.4 Å². The first kappa shape index (κ1) is 17.9. The summed E-state index contributed by atoms with van der Waals surface area (Å²) in [6.07, 6.45) is 0. The number of nitrogens with one attached hydrogen (secondary N) is 1. The standard InChI is InChI=1S/C16H18N2O5S/c1-12-3-9-15(10-4-12)24(21,22)17-16(11-18(19)20)13-5-7-14(23-2)8-6-13/h3-10,16-17H,11H2,1-2H3. The van der Waals surface area contributed by atoms with E-state index in [9.17, 15) is 18.5 Å². The Morgan fingerprint density at radius 2 is 1.71 bits per heavy atom. The molecule has 0 bridgehead atoms. The third-order valence-corrected chi connectivity index (χ3v) is 4.97. The lowest BCUT2D eigenvalue weighted by Gasteiger charge is -2.16. The highest BCUT2D eigenvalue weighted by Gasteiger charge is 2.25. The highest BCUT2D eigenvalue weighted by atomic mass is 32.2. The molecule has 2 aromatic rings. The zero-order valence-electron chi connectivity index (χ0n) is 13.3. The summed E-state index contributed by atoms with van der Waals surface area (Å²) >= 11 is 0. The molecule has 0 aromatic heterocycles. The fourth-order valence-corrected chi connectivity index (χ4v) is 3.38. The topological polar surface area (TPSA) is 98.5 Å². The van der Waals surface area contributed by atoms with E-state index < -0.39 is 27.5 Å². The molecule has 1 N–H and O–H groups in total. The van der Waals surface area contributed by atoms with Gasteiger partial charge in [0, 0.05) is 4.92 Å². The number of hydrogen-bond donors (Lipinski definition) is 1. The molecule has 0 aliphatic carbocycles. The molecule has 128 valence electrons. The largest absolute Gasteiger partial charge is 0.497 e. The van der Waals surface area contributed by atoms with Gasteiger partial charge in [-0.3, -0.25) is 10.1 Å². The van der Waals surface area contributed by atoms with Crippen LogP contribution in [0.1, 0.15) is 17.2 Å². The minimum Gasteiger partial charge on any atom is -0.497 e. The highest BCUT2D eigenvalue weighted by molar-refractivity contribution is 7.89. The number of hydrogen-bond acceptors (Lipinski definition) is 5. The van der Waals surface area contributed by atoms with Crippen LogP contribution < -0.4 is 9.46 Å². The minimum absolute atomic E-state index is 0.0648. The van der Waals surface area contributed by atoms with E-state index in [2.05, 4.69) is 4.72 Å². The van der Waals surface area contributed by atoms with E-state index in [-0.39, 0.29) is 4.90 Å². The number of nitrogens with zero attached hydrogens (tertiary/aromatic N) is 1. The molecule has 0 saturated carbocycles. The maximum atomic E-state index is 12.5. The lowest BCUT2D eigenvalue weighted by atomic mass is 10.1. The molecule has 0 radical (unpaired) electrons. The Bertz CT molecular complexity index is 801. The van der Waals surface area contributed by atoms with Gasteiger partial charge in [0.1, 0.15) is 11.8 Å². The van der Waals surface area contributed by atoms with E-state index in [1.807, 2.05) is 6.92 Å². The van der Waals surface area contributed by atoms with Crippen molar-refractivity contribution >= 4 is 10.0 Å². The summed E-state index contributed by atoms with van der Waals surface area (Å²) in [5.74, 6) is 0.583. The fraction of sp³-hybridized carbons (Fsp3) is 0.250. The van der Waals surface area contributed by atoms with Crippen molar-refractivity contribution in [3.8, 4) is 5.75 Å². The number of ether oxygens (including phenoxy) is 1. The van der Waals surface area contributed by atoms with E-state index in [1.54, 1.807) is 36.4 Å². The first-order valence-corrected chi connectivity index (χ1v) is 8.65. The highest BCUT2D eigenvalue weighted by Crippen LogP contribution is 2.21. The quantitative estimate of drug-likeness (QED) is 0.610. The molecule has 0 aliphatic heterocycles. The SMILES string of the molecule is COc1ccc(C(C[N+](=O)[O-])NS(=O)(=O)c2ccc(C)cc2)cc1. The van der Waals surface area contributed by atoms with Gasteiger partial charge in [-0.25, -0.2) is 8.42 Å². The molecule has 1 unspecified atom stereocenters. The summed E-state index contributed by atoms with van der Waals surface area (Å²) in [6, 6.07) is 11.8. The van der Waals surface area contributed by atoms with Crippen molar-refractivity contribution in [2.45, 2.75) is 17.9 Å². The maximum Gasteiger partial charge on any atom is 0.241 e. The molecule has 0 amide bonds. The monoisotopic (exact) mass is 350 g/mol. The average Bonchev–Trinajstić information content (AvgIpc) is 2.54. The van der Waals surface area contributed by atoms with Crippen LogP contribution in [0.25, 0.3) is 0 Å². The van der Waals surface area contributed by atoms with Gasteiger partial charge in [-0.1, -0.05) is 29.8 Å². The average molecular weight is 350 g/mol. The van der Waals surface area contributed by atoms with Crippen LogP contribution in [0, 0.1) is 17.0 Å². The van der Waals surface area contributed by atoms with Gasteiger partial charge in [0.2, 0.25) is 16.6 Å². The summed E-state index contributed by atoms with van der Waals surface area (Å²) in [7, 11) is -2.37. The summed E-state index contributed by atoms with van der Waals surface area (Å²) in [5, 5.41) is 10.9. The van der Waals surface area contributed by atoms with Crippen molar-refractivity contribution in [3.63, 3.8) is 0 Å². The van der Waals surface area contributed by atoms with E-state index in [0.717, 1.165) is 5.56 Å². The molecule has 1 atom stereocenters. The smallest absolute Gasteiger partial charge is 0.241 e. The van der Waals surface area contributed by atoms with Gasteiger partial charge in [0.25, 0.3) is 0 Å². The van der Waals surface area contributed by atoms with Crippen LogP contribution in [0.5, 0.6) is 5.75 Å². The molecule has 2 rings (SSSR count). The number of nitro groups is 1. The molecule has 0 heterocycles. The molecule has 0 saturated heterocycles. The number of benzene rings is 2. The van der Waals surface area contributed by atoms with Crippen molar-refractivity contribution in [1.29, 1.82) is 0 Å². The minimum atomic E-state index is -3.87. The first-order valence-electron chi connectivity index (χ1n) is 7.16. The third kappa shape index (κ3) is 4.53. The summed E-state index contributed by atoms with van der Waals surface area (Å²) in [4.78, 5) is 10.4. The molecule has 0 aliphatic rings. The van der Waals surface area contributed by atoms with Crippen molar-refractivity contribution in [1.82, 2.24) is 4.72 Å². The lowest BCUT2D eigenvalue weighted by Crippen LogP contribution is -2.33. The second kappa shape index (κ2) is 7.41. The van der Waals surface area contributed by atoms with Crippen LogP contribution in [-0.4, -0.2) is 27.0 Å². The Hall–Kier alpha value is -2.45. The second-order valence-corrected chi connectivity index (χ2v) is 6.99. The van der Waals surface area contributed by atoms with Gasteiger partial charge in [-0.05, 0) is 36.8 Å². The molecule has 24 heavy (non-hydrogen) atoms. The number of rotatable bonds is 7. The predicted molar refractivity (Wildman–Crippen MR) is 89.1 cm³/mol. The molecular weight excluding hydrogens is 332 g/mol. The van der Waals surface area contributed by atoms with E-state index in [0.29, 0.717) is 11.3 Å². The first-order chi connectivity index (χ1) is 11.3. The molecule has 8 heteroatoms. The van der Waals surface area contributed by atoms with Crippen molar-refractivity contribution in [3.05, 3.63) is 69.8 Å². The zero-order chi connectivity index (χ0) is 17.7. The van der Waals surface area contributed by atoms with Crippen LogP contribution in [0.3, 0.4) is 0 Å². The number of sulfonamides is 1. The van der Waals surface area contributed by atoms with Crippen LogP contribution in [-0.2, 0) is 10.0 Å². The normalized spacial score (nSPS) is 12.6. The summed E-state index contributed by atoms with van der Waals surface area (Å²) in [6.45, 7) is 1.29. The Labute approximate surface area is 140 Å².